The third-order valence-electron chi connectivity index (χ3n) is 2.19. The van der Waals surface area contributed by atoms with Crippen molar-refractivity contribution in [1.29, 1.82) is 0 Å². The van der Waals surface area contributed by atoms with Crippen LogP contribution in [0.4, 0.5) is 0 Å². The van der Waals surface area contributed by atoms with Crippen molar-refractivity contribution in [2.24, 2.45) is 0 Å². The molecular weight excluding hydrogens is 164 g/mol. The van der Waals surface area contributed by atoms with E-state index >= 15 is 0 Å². The van der Waals surface area contributed by atoms with Gasteiger partial charge in [0.05, 0.1) is 0 Å². The first-order valence-corrected chi connectivity index (χ1v) is 4.64. The summed E-state index contributed by atoms with van der Waals surface area (Å²) in [6.07, 6.45) is 3.16. The first-order valence-electron chi connectivity index (χ1n) is 4.64. The molecule has 0 saturated carbocycles. The number of ether oxygens (including phenoxy) is 1. The SMILES string of the molecule is Cc1ccnc(O[C@@H]2CCNC2)c1. The van der Waals surface area contributed by atoms with Gasteiger partial charge >= 0.3 is 0 Å². The summed E-state index contributed by atoms with van der Waals surface area (Å²) >= 11 is 0. The second-order valence-electron chi connectivity index (χ2n) is 3.40. The summed E-state index contributed by atoms with van der Waals surface area (Å²) < 4.78 is 5.68. The van der Waals surface area contributed by atoms with Crippen molar-refractivity contribution in [3.8, 4) is 5.88 Å². The van der Waals surface area contributed by atoms with Crippen LogP contribution in [0.1, 0.15) is 12.0 Å². The minimum atomic E-state index is 0.300. The maximum Gasteiger partial charge on any atom is 0.213 e. The number of nitrogens with one attached hydrogen (secondary N) is 1. The molecular formula is C10H14N2O. The number of hydrogen-bond acceptors (Lipinski definition) is 3. The molecule has 0 aromatic carbocycles. The maximum absolute atomic E-state index is 5.68. The van der Waals surface area contributed by atoms with Gasteiger partial charge in [-0.25, -0.2) is 4.98 Å². The van der Waals surface area contributed by atoms with Gasteiger partial charge in [0, 0.05) is 18.8 Å². The number of hydrogen-bond donors (Lipinski definition) is 1. The average molecular weight is 178 g/mol. The molecule has 1 aromatic rings. The Morgan fingerprint density at radius 3 is 3.23 bits per heavy atom. The molecule has 1 N–H and O–H groups in total. The fraction of sp³-hybridized carbons (Fsp3) is 0.500. The van der Waals surface area contributed by atoms with Crippen molar-refractivity contribution in [3.63, 3.8) is 0 Å². The lowest BCUT2D eigenvalue weighted by atomic mass is 10.3. The second kappa shape index (κ2) is 3.75. The van der Waals surface area contributed by atoms with E-state index in [-0.39, 0.29) is 0 Å². The van der Waals surface area contributed by atoms with E-state index in [9.17, 15) is 0 Å². The molecule has 70 valence electrons. The van der Waals surface area contributed by atoms with Crippen LogP contribution in [0.25, 0.3) is 0 Å². The zero-order chi connectivity index (χ0) is 9.10. The average Bonchev–Trinajstić information content (AvgIpc) is 2.57. The van der Waals surface area contributed by atoms with Gasteiger partial charge in [0.15, 0.2) is 0 Å². The minimum absolute atomic E-state index is 0.300. The lowest BCUT2D eigenvalue weighted by molar-refractivity contribution is 0.214. The molecule has 1 fully saturated rings. The molecule has 13 heavy (non-hydrogen) atoms. The lowest BCUT2D eigenvalue weighted by Crippen LogP contribution is -2.20. The Bertz CT molecular complexity index is 282. The topological polar surface area (TPSA) is 34.1 Å². The highest BCUT2D eigenvalue weighted by molar-refractivity contribution is 5.19. The van der Waals surface area contributed by atoms with Crippen LogP contribution in [0.3, 0.4) is 0 Å². The van der Waals surface area contributed by atoms with Crippen LogP contribution in [0.15, 0.2) is 18.3 Å². The van der Waals surface area contributed by atoms with Crippen LogP contribution in [0.2, 0.25) is 0 Å². The van der Waals surface area contributed by atoms with Crippen molar-refractivity contribution < 1.29 is 4.74 Å². The summed E-state index contributed by atoms with van der Waals surface area (Å²) in [6.45, 7) is 4.04. The predicted octanol–water partition coefficient (Wildman–Crippen LogP) is 1.13. The summed E-state index contributed by atoms with van der Waals surface area (Å²) in [5.74, 6) is 0.744. The molecule has 3 nitrogen and oxygen atoms in total. The van der Waals surface area contributed by atoms with Gasteiger partial charge in [0.25, 0.3) is 0 Å². The zero-order valence-electron chi connectivity index (χ0n) is 7.79. The number of nitrogens with zero attached hydrogens (tertiary/aromatic N) is 1. The monoisotopic (exact) mass is 178 g/mol. The van der Waals surface area contributed by atoms with Gasteiger partial charge in [-0.05, 0) is 31.5 Å². The van der Waals surface area contributed by atoms with Gasteiger partial charge in [-0.2, -0.15) is 0 Å². The Balaban J connectivity index is 2.00. The van der Waals surface area contributed by atoms with E-state index < -0.39 is 0 Å². The maximum atomic E-state index is 5.68. The molecule has 2 rings (SSSR count). The van der Waals surface area contributed by atoms with Crippen LogP contribution in [-0.4, -0.2) is 24.2 Å². The summed E-state index contributed by atoms with van der Waals surface area (Å²) in [5.41, 5.74) is 1.19. The molecule has 0 unspecified atom stereocenters. The second-order valence-corrected chi connectivity index (χ2v) is 3.40. The Morgan fingerprint density at radius 2 is 2.54 bits per heavy atom. The molecule has 1 aliphatic rings. The zero-order valence-corrected chi connectivity index (χ0v) is 7.79. The lowest BCUT2D eigenvalue weighted by Gasteiger charge is -2.11. The molecule has 1 aliphatic heterocycles. The summed E-state index contributed by atoms with van der Waals surface area (Å²) in [5, 5.41) is 3.25. The van der Waals surface area contributed by atoms with E-state index in [1.807, 2.05) is 19.1 Å². The third kappa shape index (κ3) is 2.18. The molecule has 0 amide bonds. The van der Waals surface area contributed by atoms with Crippen molar-refractivity contribution in [3.05, 3.63) is 23.9 Å². The Labute approximate surface area is 78.1 Å². The normalized spacial score (nSPS) is 21.8. The smallest absolute Gasteiger partial charge is 0.213 e. The molecule has 1 aromatic heterocycles. The quantitative estimate of drug-likeness (QED) is 0.737. The van der Waals surface area contributed by atoms with Crippen molar-refractivity contribution >= 4 is 0 Å². The van der Waals surface area contributed by atoms with E-state index in [0.29, 0.717) is 6.10 Å². The highest BCUT2D eigenvalue weighted by Crippen LogP contribution is 2.12. The highest BCUT2D eigenvalue weighted by Gasteiger charge is 2.15. The van der Waals surface area contributed by atoms with Crippen LogP contribution in [-0.2, 0) is 0 Å². The molecule has 2 heterocycles. The van der Waals surface area contributed by atoms with Gasteiger partial charge in [-0.15, -0.1) is 0 Å². The fourth-order valence-electron chi connectivity index (χ4n) is 1.47. The molecule has 1 saturated heterocycles. The van der Waals surface area contributed by atoms with Gasteiger partial charge in [-0.1, -0.05) is 0 Å². The van der Waals surface area contributed by atoms with Crippen molar-refractivity contribution in [1.82, 2.24) is 10.3 Å². The molecule has 3 heteroatoms. The molecule has 1 atom stereocenters. The number of aromatic nitrogens is 1. The number of rotatable bonds is 2. The Kier molecular flexibility index (Phi) is 2.45. The van der Waals surface area contributed by atoms with Crippen LogP contribution < -0.4 is 10.1 Å². The molecule has 0 spiro atoms. The van der Waals surface area contributed by atoms with E-state index in [2.05, 4.69) is 10.3 Å². The van der Waals surface area contributed by atoms with Crippen LogP contribution in [0, 0.1) is 6.92 Å². The molecule has 0 bridgehead atoms. The van der Waals surface area contributed by atoms with Crippen molar-refractivity contribution in [2.45, 2.75) is 19.4 Å². The Hall–Kier alpha value is -1.09. The predicted molar refractivity (Wildman–Crippen MR) is 50.9 cm³/mol. The van der Waals surface area contributed by atoms with E-state index in [1.54, 1.807) is 6.20 Å². The van der Waals surface area contributed by atoms with Gasteiger partial charge < -0.3 is 10.1 Å². The minimum Gasteiger partial charge on any atom is -0.473 e. The van der Waals surface area contributed by atoms with E-state index in [4.69, 9.17) is 4.74 Å². The summed E-state index contributed by atoms with van der Waals surface area (Å²) in [7, 11) is 0. The van der Waals surface area contributed by atoms with Crippen LogP contribution in [0.5, 0.6) is 5.88 Å². The molecule has 0 aliphatic carbocycles. The van der Waals surface area contributed by atoms with Crippen molar-refractivity contribution in [2.75, 3.05) is 13.1 Å². The van der Waals surface area contributed by atoms with Gasteiger partial charge in [0.1, 0.15) is 6.10 Å². The summed E-state index contributed by atoms with van der Waals surface area (Å²) in [6, 6.07) is 3.94. The first-order chi connectivity index (χ1) is 6.34. The van der Waals surface area contributed by atoms with Crippen LogP contribution >= 0.6 is 0 Å². The number of aryl methyl sites for hydroxylation is 1. The van der Waals surface area contributed by atoms with E-state index in [0.717, 1.165) is 25.4 Å². The first kappa shape index (κ1) is 8.51. The molecule has 0 radical (unpaired) electrons. The highest BCUT2D eigenvalue weighted by atomic mass is 16.5. The van der Waals surface area contributed by atoms with Gasteiger partial charge in [-0.3, -0.25) is 0 Å². The number of pyridine rings is 1. The third-order valence-corrected chi connectivity index (χ3v) is 2.19. The Morgan fingerprint density at radius 1 is 1.62 bits per heavy atom. The standard InChI is InChI=1S/C10H14N2O/c1-8-2-5-12-10(6-8)13-9-3-4-11-7-9/h2,5-6,9,11H,3-4,7H2,1H3/t9-/m1/s1. The van der Waals surface area contributed by atoms with E-state index in [1.165, 1.54) is 5.56 Å². The fourth-order valence-corrected chi connectivity index (χ4v) is 1.47. The van der Waals surface area contributed by atoms with Gasteiger partial charge in [0.2, 0.25) is 5.88 Å². The largest absolute Gasteiger partial charge is 0.473 e. The summed E-state index contributed by atoms with van der Waals surface area (Å²) in [4.78, 5) is 4.15.